The molecule has 6 heteroatoms. The van der Waals surface area contributed by atoms with Crippen LogP contribution in [0, 0.1) is 5.92 Å². The van der Waals surface area contributed by atoms with E-state index in [1.54, 1.807) is 20.8 Å². The van der Waals surface area contributed by atoms with Crippen LogP contribution in [0.15, 0.2) is 29.1 Å². The van der Waals surface area contributed by atoms with Crippen LogP contribution in [0.4, 0.5) is 0 Å². The number of aromatic amines is 2. The number of aromatic nitrogens is 2. The monoisotopic (exact) mass is 372 g/mol. The Morgan fingerprint density at radius 2 is 1.81 bits per heavy atom. The maximum absolute atomic E-state index is 12.9. The van der Waals surface area contributed by atoms with E-state index >= 15 is 0 Å². The Hall–Kier alpha value is -2.34. The number of H-pyrrole nitrogens is 2. The van der Waals surface area contributed by atoms with Gasteiger partial charge in [-0.05, 0) is 37.8 Å². The summed E-state index contributed by atoms with van der Waals surface area (Å²) in [6, 6.07) is 7.89. The lowest BCUT2D eigenvalue weighted by atomic mass is 9.66. The molecule has 3 atom stereocenters. The summed E-state index contributed by atoms with van der Waals surface area (Å²) >= 11 is 0. The Balaban J connectivity index is 2.15. The average molecular weight is 372 g/mol. The molecule has 0 saturated heterocycles. The first-order valence-corrected chi connectivity index (χ1v) is 9.44. The largest absolute Gasteiger partial charge is 0.463 e. The number of ether oxygens (including phenoxy) is 1. The predicted octanol–water partition coefficient (Wildman–Crippen LogP) is 2.83. The number of aliphatic hydroxyl groups is 1. The van der Waals surface area contributed by atoms with Gasteiger partial charge in [0.05, 0.1) is 17.6 Å². The second kappa shape index (κ2) is 7.00. The van der Waals surface area contributed by atoms with Gasteiger partial charge in [-0.3, -0.25) is 14.7 Å². The van der Waals surface area contributed by atoms with Gasteiger partial charge in [-0.25, -0.2) is 0 Å². The zero-order valence-electron chi connectivity index (χ0n) is 16.5. The second-order valence-corrected chi connectivity index (χ2v) is 8.27. The Morgan fingerprint density at radius 1 is 1.19 bits per heavy atom. The molecular formula is C21H28N2O4. The number of carbonyl (C=O) groups excluding carboxylic acids is 1. The number of rotatable bonds is 4. The molecule has 1 aliphatic carbocycles. The fourth-order valence-electron chi connectivity index (χ4n) is 4.01. The van der Waals surface area contributed by atoms with Gasteiger partial charge >= 0.3 is 5.97 Å². The number of hydrogen-bond acceptors (Lipinski definition) is 4. The minimum atomic E-state index is -1.34. The summed E-state index contributed by atoms with van der Waals surface area (Å²) in [5.41, 5.74) is 1.52. The van der Waals surface area contributed by atoms with E-state index < -0.39 is 23.4 Å². The Labute approximate surface area is 158 Å². The van der Waals surface area contributed by atoms with Gasteiger partial charge < -0.3 is 14.9 Å². The standard InChI is InChI=1S/C21H28N2O4/c1-11(2)13-6-8-14(9-7-13)16-17-15(22-23-19(17)24)10-21(5,26)18(16)20(25)27-12(3)4/h6-9,11-12,16,18,26H,10H2,1-5H3,(H2,22,23,24)/t16-,18+,21-/m1/s1. The van der Waals surface area contributed by atoms with E-state index in [1.165, 1.54) is 5.56 Å². The van der Waals surface area contributed by atoms with E-state index in [4.69, 9.17) is 4.74 Å². The highest BCUT2D eigenvalue weighted by molar-refractivity contribution is 5.77. The molecule has 2 aromatic rings. The van der Waals surface area contributed by atoms with Gasteiger partial charge in [0, 0.05) is 23.6 Å². The van der Waals surface area contributed by atoms with Gasteiger partial charge in [0.2, 0.25) is 0 Å². The van der Waals surface area contributed by atoms with Crippen molar-refractivity contribution in [3.05, 3.63) is 57.0 Å². The lowest BCUT2D eigenvalue weighted by Crippen LogP contribution is -2.50. The Bertz CT molecular complexity index is 874. The number of nitrogens with one attached hydrogen (secondary N) is 2. The molecule has 3 rings (SSSR count). The van der Waals surface area contributed by atoms with Crippen LogP contribution in [0.2, 0.25) is 0 Å². The third kappa shape index (κ3) is 3.58. The molecule has 0 aliphatic heterocycles. The first kappa shape index (κ1) is 19.4. The van der Waals surface area contributed by atoms with Crippen molar-refractivity contribution < 1.29 is 14.6 Å². The van der Waals surface area contributed by atoms with Crippen LogP contribution in [-0.4, -0.2) is 33.0 Å². The Kier molecular flexibility index (Phi) is 5.04. The zero-order chi connectivity index (χ0) is 19.9. The molecule has 6 nitrogen and oxygen atoms in total. The molecule has 1 aromatic heterocycles. The van der Waals surface area contributed by atoms with E-state index in [0.29, 0.717) is 17.2 Å². The van der Waals surface area contributed by atoms with Crippen molar-refractivity contribution in [2.45, 2.75) is 64.6 Å². The topological polar surface area (TPSA) is 95.2 Å². The number of carbonyl (C=O) groups is 1. The molecule has 0 bridgehead atoms. The second-order valence-electron chi connectivity index (χ2n) is 8.27. The van der Waals surface area contributed by atoms with Crippen LogP contribution >= 0.6 is 0 Å². The maximum atomic E-state index is 12.9. The summed E-state index contributed by atoms with van der Waals surface area (Å²) in [7, 11) is 0. The molecule has 3 N–H and O–H groups in total. The van der Waals surface area contributed by atoms with Crippen LogP contribution in [-0.2, 0) is 16.0 Å². The van der Waals surface area contributed by atoms with Gasteiger partial charge in [-0.1, -0.05) is 38.1 Å². The van der Waals surface area contributed by atoms with E-state index in [9.17, 15) is 14.7 Å². The highest BCUT2D eigenvalue weighted by atomic mass is 16.5. The first-order valence-electron chi connectivity index (χ1n) is 9.44. The van der Waals surface area contributed by atoms with Crippen molar-refractivity contribution in [2.75, 3.05) is 0 Å². The van der Waals surface area contributed by atoms with Crippen molar-refractivity contribution in [3.63, 3.8) is 0 Å². The summed E-state index contributed by atoms with van der Waals surface area (Å²) in [5.74, 6) is -1.55. The number of benzene rings is 1. The molecule has 0 unspecified atom stereocenters. The minimum absolute atomic E-state index is 0.180. The molecule has 0 radical (unpaired) electrons. The predicted molar refractivity (Wildman–Crippen MR) is 103 cm³/mol. The fraction of sp³-hybridized carbons (Fsp3) is 0.524. The summed E-state index contributed by atoms with van der Waals surface area (Å²) in [6.45, 7) is 9.40. The van der Waals surface area contributed by atoms with Gasteiger partial charge in [-0.15, -0.1) is 0 Å². The lowest BCUT2D eigenvalue weighted by Gasteiger charge is -2.40. The van der Waals surface area contributed by atoms with Crippen molar-refractivity contribution in [1.82, 2.24) is 10.2 Å². The SMILES string of the molecule is CC(C)OC(=O)[C@@H]1[C@H](c2ccc(C(C)C)cc2)c2c([nH][nH]c2=O)C[C@@]1(C)O. The lowest BCUT2D eigenvalue weighted by molar-refractivity contribution is -0.163. The fourth-order valence-corrected chi connectivity index (χ4v) is 4.01. The molecule has 0 fully saturated rings. The summed E-state index contributed by atoms with van der Waals surface area (Å²) in [5, 5.41) is 16.6. The van der Waals surface area contributed by atoms with E-state index in [-0.39, 0.29) is 18.1 Å². The van der Waals surface area contributed by atoms with Crippen LogP contribution in [0.25, 0.3) is 0 Å². The van der Waals surface area contributed by atoms with E-state index in [1.807, 2.05) is 24.3 Å². The highest BCUT2D eigenvalue weighted by Crippen LogP contribution is 2.44. The summed E-state index contributed by atoms with van der Waals surface area (Å²) in [6.07, 6.45) is -0.123. The van der Waals surface area contributed by atoms with Crippen LogP contribution in [0.1, 0.15) is 68.8 Å². The normalized spacial score (nSPS) is 24.9. The molecule has 1 heterocycles. The van der Waals surface area contributed by atoms with Gasteiger partial charge in [0.1, 0.15) is 0 Å². The number of fused-ring (bicyclic) bond motifs is 1. The molecule has 1 aliphatic rings. The summed E-state index contributed by atoms with van der Waals surface area (Å²) < 4.78 is 5.45. The molecule has 0 saturated carbocycles. The Morgan fingerprint density at radius 3 is 2.37 bits per heavy atom. The molecular weight excluding hydrogens is 344 g/mol. The third-order valence-corrected chi connectivity index (χ3v) is 5.31. The zero-order valence-corrected chi connectivity index (χ0v) is 16.5. The maximum Gasteiger partial charge on any atom is 0.313 e. The molecule has 0 spiro atoms. The molecule has 0 amide bonds. The average Bonchev–Trinajstić information content (AvgIpc) is 2.92. The smallest absolute Gasteiger partial charge is 0.313 e. The molecule has 146 valence electrons. The van der Waals surface area contributed by atoms with Crippen molar-refractivity contribution >= 4 is 5.97 Å². The van der Waals surface area contributed by atoms with Crippen LogP contribution in [0.5, 0.6) is 0 Å². The number of hydrogen-bond donors (Lipinski definition) is 3. The summed E-state index contributed by atoms with van der Waals surface area (Å²) in [4.78, 5) is 25.4. The van der Waals surface area contributed by atoms with Gasteiger partial charge in [0.25, 0.3) is 5.56 Å². The molecule has 1 aromatic carbocycles. The first-order chi connectivity index (χ1) is 12.6. The third-order valence-electron chi connectivity index (χ3n) is 5.31. The molecule has 27 heavy (non-hydrogen) atoms. The highest BCUT2D eigenvalue weighted by Gasteiger charge is 2.51. The van der Waals surface area contributed by atoms with Crippen LogP contribution < -0.4 is 5.56 Å². The van der Waals surface area contributed by atoms with Crippen molar-refractivity contribution in [3.8, 4) is 0 Å². The van der Waals surface area contributed by atoms with Crippen molar-refractivity contribution in [1.29, 1.82) is 0 Å². The van der Waals surface area contributed by atoms with Crippen molar-refractivity contribution in [2.24, 2.45) is 5.92 Å². The minimum Gasteiger partial charge on any atom is -0.463 e. The van der Waals surface area contributed by atoms with E-state index in [0.717, 1.165) is 5.56 Å². The number of esters is 1. The van der Waals surface area contributed by atoms with Crippen LogP contribution in [0.3, 0.4) is 0 Å². The quantitative estimate of drug-likeness (QED) is 0.719. The van der Waals surface area contributed by atoms with E-state index in [2.05, 4.69) is 24.0 Å². The van der Waals surface area contributed by atoms with Gasteiger partial charge in [0.15, 0.2) is 0 Å². The van der Waals surface area contributed by atoms with Gasteiger partial charge in [-0.2, -0.15) is 0 Å².